The van der Waals surface area contributed by atoms with Crippen molar-refractivity contribution in [1.29, 1.82) is 5.26 Å². The number of hydrogen-bond donors (Lipinski definition) is 1. The zero-order chi connectivity index (χ0) is 13.8. The van der Waals surface area contributed by atoms with Crippen LogP contribution in [0.3, 0.4) is 0 Å². The van der Waals surface area contributed by atoms with Crippen molar-refractivity contribution in [3.63, 3.8) is 0 Å². The number of nitrogens with zero attached hydrogens (tertiary/aromatic N) is 3. The van der Waals surface area contributed by atoms with E-state index in [1.165, 1.54) is 6.07 Å². The Bertz CT molecular complexity index is 476. The van der Waals surface area contributed by atoms with E-state index in [0.29, 0.717) is 12.2 Å². The molecule has 4 nitrogen and oxygen atoms in total. The van der Waals surface area contributed by atoms with Crippen LogP contribution in [-0.2, 0) is 0 Å². The van der Waals surface area contributed by atoms with Gasteiger partial charge in [0.15, 0.2) is 0 Å². The van der Waals surface area contributed by atoms with Gasteiger partial charge in [-0.3, -0.25) is 4.90 Å². The van der Waals surface area contributed by atoms with Crippen molar-refractivity contribution in [2.24, 2.45) is 0 Å². The molecular formula is C14H18FN3O. The van der Waals surface area contributed by atoms with Crippen LogP contribution in [0.15, 0.2) is 18.2 Å². The molecule has 1 aromatic rings. The first kappa shape index (κ1) is 13.8. The fourth-order valence-corrected chi connectivity index (χ4v) is 2.43. The molecule has 0 saturated carbocycles. The van der Waals surface area contributed by atoms with Gasteiger partial charge in [-0.15, -0.1) is 0 Å². The third kappa shape index (κ3) is 3.22. The Balaban J connectivity index is 2.06. The van der Waals surface area contributed by atoms with Crippen molar-refractivity contribution in [3.05, 3.63) is 29.6 Å². The number of piperazine rings is 1. The van der Waals surface area contributed by atoms with Crippen molar-refractivity contribution in [2.45, 2.75) is 13.0 Å². The van der Waals surface area contributed by atoms with Crippen molar-refractivity contribution in [3.8, 4) is 6.07 Å². The number of aliphatic hydroxyl groups excluding tert-OH is 1. The van der Waals surface area contributed by atoms with Crippen LogP contribution < -0.4 is 4.90 Å². The second-order valence-corrected chi connectivity index (χ2v) is 4.88. The molecule has 0 aromatic heterocycles. The van der Waals surface area contributed by atoms with Crippen LogP contribution in [0, 0.1) is 17.1 Å². The lowest BCUT2D eigenvalue weighted by molar-refractivity contribution is 0.122. The molecule has 0 unspecified atom stereocenters. The quantitative estimate of drug-likeness (QED) is 0.890. The van der Waals surface area contributed by atoms with E-state index in [4.69, 9.17) is 5.26 Å². The zero-order valence-electron chi connectivity index (χ0n) is 11.0. The van der Waals surface area contributed by atoms with Gasteiger partial charge in [0.2, 0.25) is 0 Å². The first-order valence-corrected chi connectivity index (χ1v) is 6.46. The van der Waals surface area contributed by atoms with Gasteiger partial charge in [0.25, 0.3) is 0 Å². The smallest absolute Gasteiger partial charge is 0.143 e. The highest BCUT2D eigenvalue weighted by Gasteiger charge is 2.21. The maximum absolute atomic E-state index is 13.6. The minimum absolute atomic E-state index is 0.117. The van der Waals surface area contributed by atoms with Gasteiger partial charge in [-0.1, -0.05) is 6.07 Å². The third-order valence-electron chi connectivity index (χ3n) is 3.34. The predicted molar refractivity (Wildman–Crippen MR) is 71.4 cm³/mol. The molecule has 1 saturated heterocycles. The van der Waals surface area contributed by atoms with Crippen LogP contribution in [0.2, 0.25) is 0 Å². The van der Waals surface area contributed by atoms with Gasteiger partial charge in [-0.05, 0) is 19.1 Å². The van der Waals surface area contributed by atoms with Gasteiger partial charge in [0.1, 0.15) is 17.4 Å². The first-order valence-electron chi connectivity index (χ1n) is 6.46. The highest BCUT2D eigenvalue weighted by molar-refractivity contribution is 5.60. The third-order valence-corrected chi connectivity index (χ3v) is 3.34. The fourth-order valence-electron chi connectivity index (χ4n) is 2.43. The molecular weight excluding hydrogens is 245 g/mol. The lowest BCUT2D eigenvalue weighted by atomic mass is 10.1. The average molecular weight is 263 g/mol. The molecule has 1 heterocycles. The molecule has 1 atom stereocenters. The van der Waals surface area contributed by atoms with Gasteiger partial charge in [0, 0.05) is 32.7 Å². The minimum Gasteiger partial charge on any atom is -0.392 e. The maximum atomic E-state index is 13.6. The van der Waals surface area contributed by atoms with E-state index >= 15 is 0 Å². The number of hydrogen-bond acceptors (Lipinski definition) is 4. The highest BCUT2D eigenvalue weighted by Crippen LogP contribution is 2.23. The number of nitriles is 1. The molecule has 5 heteroatoms. The largest absolute Gasteiger partial charge is 0.392 e. The molecule has 1 aliphatic rings. The number of aliphatic hydroxyl groups is 1. The number of rotatable bonds is 3. The summed E-state index contributed by atoms with van der Waals surface area (Å²) in [6.07, 6.45) is -0.338. The summed E-state index contributed by atoms with van der Waals surface area (Å²) in [6, 6.07) is 6.66. The van der Waals surface area contributed by atoms with E-state index in [1.54, 1.807) is 19.1 Å². The molecule has 0 aliphatic carbocycles. The summed E-state index contributed by atoms with van der Waals surface area (Å²) < 4.78 is 13.6. The van der Waals surface area contributed by atoms with Crippen molar-refractivity contribution < 1.29 is 9.50 Å². The molecule has 0 amide bonds. The van der Waals surface area contributed by atoms with Gasteiger partial charge in [0.05, 0.1) is 11.8 Å². The first-order chi connectivity index (χ1) is 9.11. The lowest BCUT2D eigenvalue weighted by Crippen LogP contribution is -2.48. The second-order valence-electron chi connectivity index (χ2n) is 4.88. The molecule has 1 fully saturated rings. The topological polar surface area (TPSA) is 50.5 Å². The maximum Gasteiger partial charge on any atom is 0.143 e. The summed E-state index contributed by atoms with van der Waals surface area (Å²) in [5.41, 5.74) is 0.783. The number of benzene rings is 1. The SMILES string of the molecule is C[C@@H](O)CN1CCN(c2cccc(F)c2C#N)CC1. The van der Waals surface area contributed by atoms with E-state index in [0.717, 1.165) is 26.2 Å². The Kier molecular flexibility index (Phi) is 4.35. The summed E-state index contributed by atoms with van der Waals surface area (Å²) in [5.74, 6) is -0.466. The Morgan fingerprint density at radius 2 is 2.05 bits per heavy atom. The molecule has 1 aromatic carbocycles. The molecule has 0 bridgehead atoms. The molecule has 0 radical (unpaired) electrons. The van der Waals surface area contributed by atoms with Crippen LogP contribution >= 0.6 is 0 Å². The summed E-state index contributed by atoms with van der Waals surface area (Å²) >= 11 is 0. The highest BCUT2D eigenvalue weighted by atomic mass is 19.1. The van der Waals surface area contributed by atoms with E-state index in [9.17, 15) is 9.50 Å². The van der Waals surface area contributed by atoms with Crippen LogP contribution in [0.5, 0.6) is 0 Å². The number of halogens is 1. The summed E-state index contributed by atoms with van der Waals surface area (Å²) in [5, 5.41) is 18.4. The molecule has 102 valence electrons. The van der Waals surface area contributed by atoms with Gasteiger partial charge in [-0.25, -0.2) is 4.39 Å². The van der Waals surface area contributed by atoms with E-state index in [2.05, 4.69) is 4.90 Å². The van der Waals surface area contributed by atoms with Gasteiger partial charge < -0.3 is 10.0 Å². The van der Waals surface area contributed by atoms with Crippen LogP contribution in [0.4, 0.5) is 10.1 Å². The normalized spacial score (nSPS) is 18.1. The Morgan fingerprint density at radius 1 is 1.37 bits per heavy atom. The minimum atomic E-state index is -0.466. The van der Waals surface area contributed by atoms with Gasteiger partial charge in [-0.2, -0.15) is 5.26 Å². The lowest BCUT2D eigenvalue weighted by Gasteiger charge is -2.36. The van der Waals surface area contributed by atoms with E-state index < -0.39 is 5.82 Å². The Morgan fingerprint density at radius 3 is 2.63 bits per heavy atom. The van der Waals surface area contributed by atoms with Crippen LogP contribution in [0.1, 0.15) is 12.5 Å². The van der Waals surface area contributed by atoms with Gasteiger partial charge >= 0.3 is 0 Å². The van der Waals surface area contributed by atoms with Crippen molar-refractivity contribution >= 4 is 5.69 Å². The van der Waals surface area contributed by atoms with Crippen LogP contribution in [-0.4, -0.2) is 48.8 Å². The molecule has 2 rings (SSSR count). The Hall–Kier alpha value is -1.64. The monoisotopic (exact) mass is 263 g/mol. The molecule has 0 spiro atoms. The molecule has 1 N–H and O–H groups in total. The summed E-state index contributed by atoms with van der Waals surface area (Å²) in [4.78, 5) is 4.20. The van der Waals surface area contributed by atoms with E-state index in [1.807, 2.05) is 11.0 Å². The fraction of sp³-hybridized carbons (Fsp3) is 0.500. The summed E-state index contributed by atoms with van der Waals surface area (Å²) in [7, 11) is 0. The number of β-amino-alcohol motifs (C(OH)–C–C–N with tert-alkyl or cyclic N) is 1. The molecule has 1 aliphatic heterocycles. The predicted octanol–water partition coefficient (Wildman–Crippen LogP) is 1.20. The average Bonchev–Trinajstić information content (AvgIpc) is 2.38. The number of anilines is 1. The van der Waals surface area contributed by atoms with Crippen molar-refractivity contribution in [2.75, 3.05) is 37.6 Å². The standard InChI is InChI=1S/C14H18FN3O/c1-11(19)10-17-5-7-18(8-6-17)14-4-2-3-13(15)12(14)9-16/h2-4,11,19H,5-8,10H2,1H3/t11-/m1/s1. The second kappa shape index (κ2) is 6.00. The summed E-state index contributed by atoms with van der Waals surface area (Å²) in [6.45, 7) is 5.53. The zero-order valence-corrected chi connectivity index (χ0v) is 11.0. The van der Waals surface area contributed by atoms with Crippen molar-refractivity contribution in [1.82, 2.24) is 4.90 Å². The van der Waals surface area contributed by atoms with E-state index in [-0.39, 0.29) is 11.7 Å². The van der Waals surface area contributed by atoms with Crippen LogP contribution in [0.25, 0.3) is 0 Å². The molecule has 19 heavy (non-hydrogen) atoms. The Labute approximate surface area is 112 Å².